The Morgan fingerprint density at radius 2 is 1.74 bits per heavy atom. The Morgan fingerprint density at radius 3 is 2.30 bits per heavy atom. The molecule has 4 bridgehead atoms. The highest BCUT2D eigenvalue weighted by molar-refractivity contribution is 5.87. The number of carbonyl (C=O) groups is 2. The molecule has 4 atom stereocenters. The number of nitrogens with zero attached hydrogens (tertiary/aromatic N) is 1. The molecular weight excluding hydrogens is 294 g/mol. The minimum Gasteiger partial charge on any atom is -0.478 e. The van der Waals surface area contributed by atoms with Crippen LogP contribution in [0, 0.1) is 33.5 Å². The highest BCUT2D eigenvalue weighted by Crippen LogP contribution is 2.71. The van der Waals surface area contributed by atoms with E-state index in [1.165, 1.54) is 7.11 Å². The molecule has 0 aromatic heterocycles. The molecule has 5 nitrogen and oxygen atoms in total. The minimum atomic E-state index is -0.920. The van der Waals surface area contributed by atoms with E-state index in [0.717, 1.165) is 24.8 Å². The zero-order chi connectivity index (χ0) is 17.0. The van der Waals surface area contributed by atoms with Crippen molar-refractivity contribution >= 4 is 11.9 Å². The van der Waals surface area contributed by atoms with Gasteiger partial charge in [0.05, 0.1) is 24.0 Å². The van der Waals surface area contributed by atoms with E-state index >= 15 is 0 Å². The first kappa shape index (κ1) is 16.0. The third kappa shape index (κ3) is 2.11. The number of carboxylic acid groups (broad SMARTS) is 1. The molecule has 5 heteroatoms. The van der Waals surface area contributed by atoms with Crippen LogP contribution < -0.4 is 0 Å². The van der Waals surface area contributed by atoms with Crippen molar-refractivity contribution in [1.82, 2.24) is 0 Å². The number of carbonyl (C=O) groups excluding carboxylic acids is 1. The van der Waals surface area contributed by atoms with Crippen molar-refractivity contribution in [1.29, 1.82) is 5.26 Å². The summed E-state index contributed by atoms with van der Waals surface area (Å²) in [4.78, 5) is 24.0. The average Bonchev–Trinajstić information content (AvgIpc) is 2.51. The van der Waals surface area contributed by atoms with Crippen LogP contribution in [0.15, 0.2) is 11.1 Å². The number of allylic oxidation sites excluding steroid dienone is 1. The van der Waals surface area contributed by atoms with Crippen molar-refractivity contribution in [2.45, 2.75) is 52.4 Å². The quantitative estimate of drug-likeness (QED) is 0.638. The van der Waals surface area contributed by atoms with Crippen molar-refractivity contribution in [2.24, 2.45) is 22.2 Å². The number of methoxy groups -OCH3 is 1. The summed E-state index contributed by atoms with van der Waals surface area (Å²) in [6, 6.07) is 2.48. The van der Waals surface area contributed by atoms with E-state index in [9.17, 15) is 20.0 Å². The van der Waals surface area contributed by atoms with Crippen molar-refractivity contribution in [3.05, 3.63) is 11.1 Å². The highest BCUT2D eigenvalue weighted by atomic mass is 16.5. The first-order valence-corrected chi connectivity index (χ1v) is 8.12. The molecule has 23 heavy (non-hydrogen) atoms. The van der Waals surface area contributed by atoms with Crippen LogP contribution in [0.5, 0.6) is 0 Å². The molecule has 4 aliphatic carbocycles. The van der Waals surface area contributed by atoms with Crippen molar-refractivity contribution in [3.63, 3.8) is 0 Å². The molecule has 0 heterocycles. The average molecular weight is 317 g/mol. The lowest BCUT2D eigenvalue weighted by molar-refractivity contribution is -0.181. The molecule has 0 aromatic carbocycles. The zero-order valence-electron chi connectivity index (χ0n) is 13.9. The largest absolute Gasteiger partial charge is 0.478 e. The third-order valence-corrected chi connectivity index (χ3v) is 6.60. The topological polar surface area (TPSA) is 87.4 Å². The Labute approximate surface area is 136 Å². The summed E-state index contributed by atoms with van der Waals surface area (Å²) in [6.07, 6.45) is 4.31. The second-order valence-corrected chi connectivity index (χ2v) is 8.01. The molecule has 124 valence electrons. The van der Waals surface area contributed by atoms with E-state index in [-0.39, 0.29) is 11.4 Å². The smallest absolute Gasteiger partial charge is 0.331 e. The molecule has 0 spiro atoms. The molecule has 4 rings (SSSR count). The fourth-order valence-corrected chi connectivity index (χ4v) is 5.98. The summed E-state index contributed by atoms with van der Waals surface area (Å²) in [5.41, 5.74) is -0.314. The highest BCUT2D eigenvalue weighted by Gasteiger charge is 2.67. The van der Waals surface area contributed by atoms with Crippen molar-refractivity contribution < 1.29 is 19.4 Å². The van der Waals surface area contributed by atoms with Crippen LogP contribution in [0.4, 0.5) is 0 Å². The van der Waals surface area contributed by atoms with Gasteiger partial charge < -0.3 is 9.84 Å². The third-order valence-electron chi connectivity index (χ3n) is 6.60. The second-order valence-electron chi connectivity index (χ2n) is 8.01. The predicted molar refractivity (Wildman–Crippen MR) is 82.1 cm³/mol. The molecule has 4 saturated carbocycles. The van der Waals surface area contributed by atoms with E-state index in [1.54, 1.807) is 6.92 Å². The normalized spacial score (nSPS) is 41.9. The first-order valence-electron chi connectivity index (χ1n) is 8.12. The SMILES string of the molecule is COC(=O)C12CC3CC(C#N)(C1)CC(C(C)=C(C)C(=O)O)(C3)C2. The van der Waals surface area contributed by atoms with E-state index in [0.29, 0.717) is 30.8 Å². The molecule has 4 unspecified atom stereocenters. The zero-order valence-corrected chi connectivity index (χ0v) is 13.9. The van der Waals surface area contributed by atoms with Gasteiger partial charge in [-0.2, -0.15) is 5.26 Å². The Hall–Kier alpha value is -1.83. The fraction of sp³-hybridized carbons (Fsp3) is 0.722. The van der Waals surface area contributed by atoms with Gasteiger partial charge in [-0.05, 0) is 63.7 Å². The van der Waals surface area contributed by atoms with Crippen molar-refractivity contribution in [3.8, 4) is 6.07 Å². The lowest BCUT2D eigenvalue weighted by Crippen LogP contribution is -2.59. The van der Waals surface area contributed by atoms with Gasteiger partial charge in [0.15, 0.2) is 0 Å². The maximum Gasteiger partial charge on any atom is 0.331 e. The van der Waals surface area contributed by atoms with Gasteiger partial charge in [-0.1, -0.05) is 5.57 Å². The Balaban J connectivity index is 2.14. The van der Waals surface area contributed by atoms with Crippen LogP contribution in [0.3, 0.4) is 0 Å². The van der Waals surface area contributed by atoms with Crippen LogP contribution in [-0.4, -0.2) is 24.2 Å². The predicted octanol–water partition coefficient (Wildman–Crippen LogP) is 3.06. The number of ether oxygens (including phenoxy) is 1. The Morgan fingerprint density at radius 1 is 1.13 bits per heavy atom. The molecule has 1 N–H and O–H groups in total. The van der Waals surface area contributed by atoms with Crippen LogP contribution in [0.25, 0.3) is 0 Å². The lowest BCUT2D eigenvalue weighted by atomic mass is 9.38. The lowest BCUT2D eigenvalue weighted by Gasteiger charge is -2.64. The summed E-state index contributed by atoms with van der Waals surface area (Å²) < 4.78 is 5.08. The first-order chi connectivity index (χ1) is 10.7. The maximum atomic E-state index is 12.5. The molecular formula is C18H23NO4. The number of hydrogen-bond donors (Lipinski definition) is 1. The number of nitriles is 1. The van der Waals surface area contributed by atoms with Crippen molar-refractivity contribution in [2.75, 3.05) is 7.11 Å². The van der Waals surface area contributed by atoms with Gasteiger partial charge in [-0.3, -0.25) is 4.79 Å². The molecule has 0 aromatic rings. The van der Waals surface area contributed by atoms with Gasteiger partial charge in [0, 0.05) is 5.57 Å². The molecule has 4 fully saturated rings. The molecule has 0 amide bonds. The van der Waals surface area contributed by atoms with E-state index in [1.807, 2.05) is 6.92 Å². The standard InChI is InChI=1S/C18H23NO4/c1-11(14(20)21)12(2)17-5-13-4-16(7-17,10-19)8-18(6-13,9-17)15(22)23-3/h13H,4-9H2,1-3H3,(H,20,21). The number of carboxylic acids is 1. The van der Waals surface area contributed by atoms with Crippen LogP contribution in [0.2, 0.25) is 0 Å². The minimum absolute atomic E-state index is 0.230. The van der Waals surface area contributed by atoms with Crippen LogP contribution in [-0.2, 0) is 14.3 Å². The number of esters is 1. The van der Waals surface area contributed by atoms with Gasteiger partial charge in [0.25, 0.3) is 0 Å². The van der Waals surface area contributed by atoms with E-state index in [4.69, 9.17) is 4.74 Å². The Kier molecular flexibility index (Phi) is 3.37. The number of rotatable bonds is 3. The number of hydrogen-bond acceptors (Lipinski definition) is 4. The fourth-order valence-electron chi connectivity index (χ4n) is 5.98. The number of aliphatic carboxylic acids is 1. The van der Waals surface area contributed by atoms with Gasteiger partial charge in [0.1, 0.15) is 0 Å². The van der Waals surface area contributed by atoms with Gasteiger partial charge >= 0.3 is 11.9 Å². The maximum absolute atomic E-state index is 12.5. The summed E-state index contributed by atoms with van der Waals surface area (Å²) >= 11 is 0. The van der Waals surface area contributed by atoms with Crippen LogP contribution >= 0.6 is 0 Å². The summed E-state index contributed by atoms with van der Waals surface area (Å²) in [5, 5.41) is 19.2. The summed E-state index contributed by atoms with van der Waals surface area (Å²) in [5.74, 6) is -0.857. The van der Waals surface area contributed by atoms with Crippen LogP contribution in [0.1, 0.15) is 52.4 Å². The van der Waals surface area contributed by atoms with Gasteiger partial charge in [0.2, 0.25) is 0 Å². The monoisotopic (exact) mass is 317 g/mol. The van der Waals surface area contributed by atoms with Gasteiger partial charge in [-0.15, -0.1) is 0 Å². The molecule has 0 aliphatic heterocycles. The van der Waals surface area contributed by atoms with E-state index in [2.05, 4.69) is 6.07 Å². The summed E-state index contributed by atoms with van der Waals surface area (Å²) in [6.45, 7) is 3.49. The van der Waals surface area contributed by atoms with Gasteiger partial charge in [-0.25, -0.2) is 4.79 Å². The summed E-state index contributed by atoms with van der Waals surface area (Å²) in [7, 11) is 1.40. The van der Waals surface area contributed by atoms with E-state index < -0.39 is 16.8 Å². The molecule has 0 saturated heterocycles. The molecule has 0 radical (unpaired) electrons. The molecule has 4 aliphatic rings. The second kappa shape index (κ2) is 4.83. The Bertz CT molecular complexity index is 660.